The Labute approximate surface area is 137 Å². The van der Waals surface area contributed by atoms with E-state index in [9.17, 15) is 4.79 Å². The maximum Gasteiger partial charge on any atom is 0.270 e. The van der Waals surface area contributed by atoms with Crippen LogP contribution in [0.1, 0.15) is 34.6 Å². The van der Waals surface area contributed by atoms with Crippen molar-refractivity contribution in [1.82, 2.24) is 15.3 Å². The van der Waals surface area contributed by atoms with Gasteiger partial charge in [0.2, 0.25) is 5.95 Å². The summed E-state index contributed by atoms with van der Waals surface area (Å²) in [6.45, 7) is 3.86. The Morgan fingerprint density at radius 2 is 2.00 bits per heavy atom. The first kappa shape index (κ1) is 15.0. The van der Waals surface area contributed by atoms with Crippen molar-refractivity contribution in [3.05, 3.63) is 45.7 Å². The molecule has 5 nitrogen and oxygen atoms in total. The van der Waals surface area contributed by atoms with E-state index >= 15 is 0 Å². The Hall–Kier alpha value is -1.95. The van der Waals surface area contributed by atoms with Crippen molar-refractivity contribution < 1.29 is 4.79 Å². The molecule has 2 N–H and O–H groups in total. The first-order valence-corrected chi connectivity index (χ1v) is 8.00. The summed E-state index contributed by atoms with van der Waals surface area (Å²) in [6, 6.07) is 7.93. The molecule has 3 rings (SSSR count). The van der Waals surface area contributed by atoms with Gasteiger partial charge < -0.3 is 10.6 Å². The first-order chi connectivity index (χ1) is 10.5. The number of nitrogens with zero attached hydrogens (tertiary/aromatic N) is 2. The van der Waals surface area contributed by atoms with Gasteiger partial charge in [0.05, 0.1) is 0 Å². The molecular formula is C16H17BrN4O. The minimum Gasteiger partial charge on any atom is -0.348 e. The van der Waals surface area contributed by atoms with Gasteiger partial charge in [0.1, 0.15) is 5.69 Å². The number of hydrogen-bond donors (Lipinski definition) is 2. The Morgan fingerprint density at radius 1 is 1.23 bits per heavy atom. The number of rotatable bonds is 4. The van der Waals surface area contributed by atoms with Gasteiger partial charge in [-0.2, -0.15) is 0 Å². The molecule has 6 heteroatoms. The van der Waals surface area contributed by atoms with Crippen molar-refractivity contribution in [2.45, 2.75) is 32.7 Å². The van der Waals surface area contributed by atoms with Crippen molar-refractivity contribution in [2.24, 2.45) is 0 Å². The van der Waals surface area contributed by atoms with Crippen LogP contribution < -0.4 is 10.6 Å². The highest BCUT2D eigenvalue weighted by Crippen LogP contribution is 2.23. The molecule has 1 aromatic heterocycles. The minimum absolute atomic E-state index is 0.136. The normalized spacial score (nSPS) is 13.8. The second-order valence-electron chi connectivity index (χ2n) is 5.55. The third-order valence-corrected chi connectivity index (χ3v) is 3.93. The molecular weight excluding hydrogens is 344 g/mol. The van der Waals surface area contributed by atoms with E-state index < -0.39 is 0 Å². The summed E-state index contributed by atoms with van der Waals surface area (Å²) >= 11 is 3.44. The van der Waals surface area contributed by atoms with Gasteiger partial charge in [0.25, 0.3) is 5.91 Å². The van der Waals surface area contributed by atoms with E-state index in [-0.39, 0.29) is 5.91 Å². The van der Waals surface area contributed by atoms with Crippen molar-refractivity contribution >= 4 is 33.5 Å². The summed E-state index contributed by atoms with van der Waals surface area (Å²) in [5.41, 5.74) is 3.15. The Bertz CT molecular complexity index is 728. The molecule has 1 aromatic carbocycles. The number of amides is 1. The van der Waals surface area contributed by atoms with Gasteiger partial charge in [0.15, 0.2) is 0 Å². The third-order valence-electron chi connectivity index (χ3n) is 3.43. The van der Waals surface area contributed by atoms with E-state index in [4.69, 9.17) is 0 Å². The van der Waals surface area contributed by atoms with Gasteiger partial charge in [-0.3, -0.25) is 4.79 Å². The van der Waals surface area contributed by atoms with Gasteiger partial charge in [-0.25, -0.2) is 9.97 Å². The highest BCUT2D eigenvalue weighted by Gasteiger charge is 2.24. The van der Waals surface area contributed by atoms with Crippen LogP contribution in [0.25, 0.3) is 0 Å². The summed E-state index contributed by atoms with van der Waals surface area (Å²) in [6.07, 6.45) is 2.11. The number of halogens is 1. The molecule has 1 fully saturated rings. The Morgan fingerprint density at radius 3 is 2.68 bits per heavy atom. The number of benzene rings is 1. The van der Waals surface area contributed by atoms with E-state index in [2.05, 4.69) is 36.5 Å². The largest absolute Gasteiger partial charge is 0.348 e. The predicted octanol–water partition coefficient (Wildman–Crippen LogP) is 3.49. The highest BCUT2D eigenvalue weighted by molar-refractivity contribution is 9.10. The maximum atomic E-state index is 12.1. The van der Waals surface area contributed by atoms with Crippen LogP contribution in [0, 0.1) is 13.8 Å². The molecule has 22 heavy (non-hydrogen) atoms. The fourth-order valence-corrected chi connectivity index (χ4v) is 2.59. The molecule has 1 amide bonds. The molecule has 0 bridgehead atoms. The summed E-state index contributed by atoms with van der Waals surface area (Å²) in [7, 11) is 0. The van der Waals surface area contributed by atoms with Gasteiger partial charge in [-0.05, 0) is 56.5 Å². The summed E-state index contributed by atoms with van der Waals surface area (Å²) in [5.74, 6) is 0.301. The average Bonchev–Trinajstić information content (AvgIpc) is 3.25. The fourth-order valence-electron chi connectivity index (χ4n) is 2.12. The van der Waals surface area contributed by atoms with Crippen LogP contribution >= 0.6 is 15.9 Å². The highest BCUT2D eigenvalue weighted by atomic mass is 79.9. The summed E-state index contributed by atoms with van der Waals surface area (Å²) < 4.78 is 1.02. The number of carbonyl (C=O) groups excluding carboxylic acids is 1. The van der Waals surface area contributed by atoms with Crippen LogP contribution in [-0.4, -0.2) is 21.9 Å². The molecule has 0 unspecified atom stereocenters. The molecule has 0 radical (unpaired) electrons. The van der Waals surface area contributed by atoms with Crippen LogP contribution in [0.4, 0.5) is 11.6 Å². The molecule has 0 aliphatic heterocycles. The Balaban J connectivity index is 1.83. The Kier molecular flexibility index (Phi) is 4.11. The van der Waals surface area contributed by atoms with Gasteiger partial charge in [0, 0.05) is 21.9 Å². The topological polar surface area (TPSA) is 66.9 Å². The molecule has 2 aromatic rings. The minimum atomic E-state index is -0.136. The number of hydrogen-bond acceptors (Lipinski definition) is 4. The standard InChI is InChI=1S/C16H17BrN4O/c1-9-7-11(17)3-6-13(9)20-16-18-10(2)8-14(21-16)15(22)19-12-4-5-12/h3,6-8,12H,4-5H2,1-2H3,(H,19,22)(H,18,20,21). The third kappa shape index (κ3) is 3.62. The lowest BCUT2D eigenvalue weighted by Crippen LogP contribution is -2.26. The molecule has 1 saturated carbocycles. The van der Waals surface area contributed by atoms with E-state index in [1.807, 2.05) is 32.0 Å². The zero-order valence-corrected chi connectivity index (χ0v) is 14.1. The second kappa shape index (κ2) is 6.04. The monoisotopic (exact) mass is 360 g/mol. The van der Waals surface area contributed by atoms with Crippen LogP contribution in [0.15, 0.2) is 28.7 Å². The molecule has 114 valence electrons. The van der Waals surface area contributed by atoms with Gasteiger partial charge in [-0.15, -0.1) is 0 Å². The lowest BCUT2D eigenvalue weighted by Gasteiger charge is -2.10. The van der Waals surface area contributed by atoms with Gasteiger partial charge in [-0.1, -0.05) is 15.9 Å². The van der Waals surface area contributed by atoms with E-state index in [0.717, 1.165) is 34.3 Å². The van der Waals surface area contributed by atoms with Crippen LogP contribution in [-0.2, 0) is 0 Å². The van der Waals surface area contributed by atoms with Crippen molar-refractivity contribution in [3.8, 4) is 0 Å². The molecule has 1 aliphatic carbocycles. The second-order valence-corrected chi connectivity index (χ2v) is 6.47. The van der Waals surface area contributed by atoms with Crippen molar-refractivity contribution in [1.29, 1.82) is 0 Å². The molecule has 0 atom stereocenters. The average molecular weight is 361 g/mol. The summed E-state index contributed by atoms with van der Waals surface area (Å²) in [5, 5.41) is 6.13. The van der Waals surface area contributed by atoms with Crippen LogP contribution in [0.5, 0.6) is 0 Å². The lowest BCUT2D eigenvalue weighted by molar-refractivity contribution is 0.0946. The summed E-state index contributed by atoms with van der Waals surface area (Å²) in [4.78, 5) is 20.8. The van der Waals surface area contributed by atoms with Crippen LogP contribution in [0.3, 0.4) is 0 Å². The fraction of sp³-hybridized carbons (Fsp3) is 0.312. The quantitative estimate of drug-likeness (QED) is 0.875. The molecule has 0 saturated heterocycles. The number of anilines is 2. The van der Waals surface area contributed by atoms with Crippen molar-refractivity contribution in [2.75, 3.05) is 5.32 Å². The zero-order valence-electron chi connectivity index (χ0n) is 12.5. The number of carbonyl (C=O) groups is 1. The number of aromatic nitrogens is 2. The molecule has 0 spiro atoms. The SMILES string of the molecule is Cc1cc(C(=O)NC2CC2)nc(Nc2ccc(Br)cc2C)n1. The molecule has 1 aliphatic rings. The number of aryl methyl sites for hydroxylation is 2. The van der Waals surface area contributed by atoms with Gasteiger partial charge >= 0.3 is 0 Å². The lowest BCUT2D eigenvalue weighted by atomic mass is 10.2. The van der Waals surface area contributed by atoms with Crippen LogP contribution in [0.2, 0.25) is 0 Å². The van der Waals surface area contributed by atoms with E-state index in [1.165, 1.54) is 0 Å². The maximum absolute atomic E-state index is 12.1. The van der Waals surface area contributed by atoms with E-state index in [1.54, 1.807) is 6.07 Å². The van der Waals surface area contributed by atoms with Crippen molar-refractivity contribution in [3.63, 3.8) is 0 Å². The van der Waals surface area contributed by atoms with E-state index in [0.29, 0.717) is 17.7 Å². The zero-order chi connectivity index (χ0) is 15.7. The predicted molar refractivity (Wildman–Crippen MR) is 89.4 cm³/mol. The molecule has 1 heterocycles. The first-order valence-electron chi connectivity index (χ1n) is 7.21. The smallest absolute Gasteiger partial charge is 0.270 e. The number of nitrogens with one attached hydrogen (secondary N) is 2.